The van der Waals surface area contributed by atoms with Gasteiger partial charge in [-0.15, -0.1) is 0 Å². The Balaban J connectivity index is 1.81. The number of methoxy groups -OCH3 is 3. The van der Waals surface area contributed by atoms with Gasteiger partial charge in [0.15, 0.2) is 0 Å². The molecule has 0 aliphatic carbocycles. The number of amides is 1. The molecule has 2 aromatic carbocycles. The van der Waals surface area contributed by atoms with Crippen LogP contribution in [0.5, 0.6) is 17.2 Å². The Kier molecular flexibility index (Phi) is 6.41. The first-order valence-electron chi connectivity index (χ1n) is 9.50. The van der Waals surface area contributed by atoms with E-state index in [1.165, 1.54) is 0 Å². The van der Waals surface area contributed by atoms with Crippen LogP contribution in [0.1, 0.15) is 31.4 Å². The Hall–Kier alpha value is -2.73. The molecule has 0 bridgehead atoms. The standard InChI is InChI=1S/C22H28N2O4/c1-15(22(25)23-18-8-5-6-10-21(18)28-4)24-13-7-9-19(24)17-14-16(26-2)11-12-20(17)27-3/h5-6,8,10-12,14-15,19H,7,9,13H2,1-4H3,(H,23,25)/t15-,19-/m1/s1. The summed E-state index contributed by atoms with van der Waals surface area (Å²) < 4.78 is 16.3. The number of carbonyl (C=O) groups excluding carboxylic acids is 1. The lowest BCUT2D eigenvalue weighted by molar-refractivity contribution is -0.121. The molecule has 1 amide bonds. The van der Waals surface area contributed by atoms with Gasteiger partial charge in [0.25, 0.3) is 0 Å². The predicted molar refractivity (Wildman–Crippen MR) is 109 cm³/mol. The molecule has 1 aliphatic rings. The molecule has 28 heavy (non-hydrogen) atoms. The summed E-state index contributed by atoms with van der Waals surface area (Å²) in [7, 11) is 4.92. The van der Waals surface area contributed by atoms with Crippen LogP contribution < -0.4 is 19.5 Å². The summed E-state index contributed by atoms with van der Waals surface area (Å²) in [5.74, 6) is 2.19. The molecule has 0 unspecified atom stereocenters. The lowest BCUT2D eigenvalue weighted by atomic mass is 10.0. The number of hydrogen-bond acceptors (Lipinski definition) is 5. The number of rotatable bonds is 7. The van der Waals surface area contributed by atoms with E-state index in [0.717, 1.165) is 36.4 Å². The Morgan fingerprint density at radius 2 is 1.82 bits per heavy atom. The van der Waals surface area contributed by atoms with Crippen molar-refractivity contribution in [3.63, 3.8) is 0 Å². The Bertz CT molecular complexity index is 824. The molecule has 0 aromatic heterocycles. The smallest absolute Gasteiger partial charge is 0.241 e. The topological polar surface area (TPSA) is 60.0 Å². The third-order valence-corrected chi connectivity index (χ3v) is 5.33. The lowest BCUT2D eigenvalue weighted by Gasteiger charge is -2.31. The van der Waals surface area contributed by atoms with Gasteiger partial charge in [0.2, 0.25) is 5.91 Å². The summed E-state index contributed by atoms with van der Waals surface area (Å²) in [5, 5.41) is 3.00. The summed E-state index contributed by atoms with van der Waals surface area (Å²) in [6.07, 6.45) is 1.99. The highest BCUT2D eigenvalue weighted by molar-refractivity contribution is 5.95. The molecule has 6 heteroatoms. The van der Waals surface area contributed by atoms with E-state index in [1.54, 1.807) is 21.3 Å². The minimum Gasteiger partial charge on any atom is -0.497 e. The van der Waals surface area contributed by atoms with E-state index < -0.39 is 0 Å². The van der Waals surface area contributed by atoms with Crippen molar-refractivity contribution in [2.45, 2.75) is 31.8 Å². The van der Waals surface area contributed by atoms with Crippen molar-refractivity contribution >= 4 is 11.6 Å². The lowest BCUT2D eigenvalue weighted by Crippen LogP contribution is -2.41. The van der Waals surface area contributed by atoms with Crippen LogP contribution in [-0.2, 0) is 4.79 Å². The van der Waals surface area contributed by atoms with E-state index in [2.05, 4.69) is 10.2 Å². The molecule has 0 spiro atoms. The monoisotopic (exact) mass is 384 g/mol. The first-order valence-corrected chi connectivity index (χ1v) is 9.50. The van der Waals surface area contributed by atoms with Crippen LogP contribution in [0, 0.1) is 0 Å². The molecule has 150 valence electrons. The van der Waals surface area contributed by atoms with Crippen molar-refractivity contribution in [2.75, 3.05) is 33.2 Å². The Morgan fingerprint density at radius 1 is 1.07 bits per heavy atom. The predicted octanol–water partition coefficient (Wildman–Crippen LogP) is 3.88. The molecular formula is C22H28N2O4. The molecular weight excluding hydrogens is 356 g/mol. The molecule has 1 saturated heterocycles. The molecule has 0 saturated carbocycles. The van der Waals surface area contributed by atoms with Gasteiger partial charge in [-0.2, -0.15) is 0 Å². The van der Waals surface area contributed by atoms with Crippen LogP contribution in [-0.4, -0.2) is 44.7 Å². The number of carbonyl (C=O) groups is 1. The Morgan fingerprint density at radius 3 is 2.54 bits per heavy atom. The van der Waals surface area contributed by atoms with E-state index in [0.29, 0.717) is 11.4 Å². The van der Waals surface area contributed by atoms with Crippen LogP contribution in [0.25, 0.3) is 0 Å². The van der Waals surface area contributed by atoms with Crippen molar-refractivity contribution in [2.24, 2.45) is 0 Å². The molecule has 1 heterocycles. The second-order valence-electron chi connectivity index (χ2n) is 6.87. The molecule has 0 radical (unpaired) electrons. The van der Waals surface area contributed by atoms with Crippen molar-refractivity contribution in [1.82, 2.24) is 4.90 Å². The van der Waals surface area contributed by atoms with Gasteiger partial charge < -0.3 is 19.5 Å². The zero-order valence-corrected chi connectivity index (χ0v) is 16.9. The summed E-state index contributed by atoms with van der Waals surface area (Å²) in [6, 6.07) is 13.1. The van der Waals surface area contributed by atoms with E-state index in [1.807, 2.05) is 49.4 Å². The van der Waals surface area contributed by atoms with Gasteiger partial charge in [-0.1, -0.05) is 12.1 Å². The maximum atomic E-state index is 13.0. The number of hydrogen-bond donors (Lipinski definition) is 1. The number of nitrogens with one attached hydrogen (secondary N) is 1. The molecule has 2 aromatic rings. The first-order chi connectivity index (χ1) is 13.6. The number of anilines is 1. The van der Waals surface area contributed by atoms with Gasteiger partial charge in [-0.25, -0.2) is 0 Å². The number of ether oxygens (including phenoxy) is 3. The molecule has 1 aliphatic heterocycles. The molecule has 2 atom stereocenters. The number of nitrogens with zero attached hydrogens (tertiary/aromatic N) is 1. The fourth-order valence-electron chi connectivity index (χ4n) is 3.82. The number of para-hydroxylation sites is 2. The van der Waals surface area contributed by atoms with Gasteiger partial charge in [0.1, 0.15) is 17.2 Å². The Labute approximate surface area is 166 Å². The zero-order chi connectivity index (χ0) is 20.1. The van der Waals surface area contributed by atoms with Crippen LogP contribution in [0.15, 0.2) is 42.5 Å². The molecule has 3 rings (SSSR count). The molecule has 1 N–H and O–H groups in total. The number of benzene rings is 2. The van der Waals surface area contributed by atoms with Gasteiger partial charge in [-0.3, -0.25) is 9.69 Å². The van der Waals surface area contributed by atoms with E-state index in [9.17, 15) is 4.79 Å². The van der Waals surface area contributed by atoms with Crippen LogP contribution >= 0.6 is 0 Å². The fraction of sp³-hybridized carbons (Fsp3) is 0.409. The number of likely N-dealkylation sites (tertiary alicyclic amines) is 1. The van der Waals surface area contributed by atoms with Gasteiger partial charge in [-0.05, 0) is 56.6 Å². The van der Waals surface area contributed by atoms with Crippen molar-refractivity contribution in [1.29, 1.82) is 0 Å². The van der Waals surface area contributed by atoms with Gasteiger partial charge >= 0.3 is 0 Å². The maximum absolute atomic E-state index is 13.0. The highest BCUT2D eigenvalue weighted by Gasteiger charge is 2.35. The largest absolute Gasteiger partial charge is 0.497 e. The summed E-state index contributed by atoms with van der Waals surface area (Å²) in [4.78, 5) is 15.2. The minimum atomic E-state index is -0.298. The van der Waals surface area contributed by atoms with Gasteiger partial charge in [0.05, 0.1) is 33.1 Å². The average Bonchev–Trinajstić information content (AvgIpc) is 3.22. The van der Waals surface area contributed by atoms with Crippen LogP contribution in [0.4, 0.5) is 5.69 Å². The zero-order valence-electron chi connectivity index (χ0n) is 16.9. The van der Waals surface area contributed by atoms with E-state index >= 15 is 0 Å². The second-order valence-corrected chi connectivity index (χ2v) is 6.87. The summed E-state index contributed by atoms with van der Waals surface area (Å²) in [6.45, 7) is 2.79. The summed E-state index contributed by atoms with van der Waals surface area (Å²) in [5.41, 5.74) is 1.73. The first kappa shape index (κ1) is 20.0. The quantitative estimate of drug-likeness (QED) is 0.785. The van der Waals surface area contributed by atoms with E-state index in [4.69, 9.17) is 14.2 Å². The van der Waals surface area contributed by atoms with Crippen molar-refractivity contribution < 1.29 is 19.0 Å². The van der Waals surface area contributed by atoms with Crippen molar-refractivity contribution in [3.8, 4) is 17.2 Å². The van der Waals surface area contributed by atoms with Gasteiger partial charge in [0, 0.05) is 11.6 Å². The van der Waals surface area contributed by atoms with Crippen LogP contribution in [0.2, 0.25) is 0 Å². The average molecular weight is 384 g/mol. The maximum Gasteiger partial charge on any atom is 0.241 e. The minimum absolute atomic E-state index is 0.0572. The fourth-order valence-corrected chi connectivity index (χ4v) is 3.82. The van der Waals surface area contributed by atoms with Crippen molar-refractivity contribution in [3.05, 3.63) is 48.0 Å². The van der Waals surface area contributed by atoms with Crippen LogP contribution in [0.3, 0.4) is 0 Å². The SMILES string of the molecule is COc1ccc(OC)c([C@H]2CCCN2[C@H](C)C(=O)Nc2ccccc2OC)c1. The third-order valence-electron chi connectivity index (χ3n) is 5.33. The van der Waals surface area contributed by atoms with E-state index in [-0.39, 0.29) is 18.0 Å². The third kappa shape index (κ3) is 4.07. The normalized spacial score (nSPS) is 17.8. The second kappa shape index (κ2) is 8.97. The molecule has 1 fully saturated rings. The molecule has 6 nitrogen and oxygen atoms in total. The summed E-state index contributed by atoms with van der Waals surface area (Å²) >= 11 is 0. The highest BCUT2D eigenvalue weighted by atomic mass is 16.5. The highest BCUT2D eigenvalue weighted by Crippen LogP contribution is 2.40.